The Morgan fingerprint density at radius 1 is 1.04 bits per heavy atom. The van der Waals surface area contributed by atoms with Crippen molar-refractivity contribution in [1.82, 2.24) is 9.80 Å². The van der Waals surface area contributed by atoms with Gasteiger partial charge in [0.1, 0.15) is 5.75 Å². The Kier molecular flexibility index (Phi) is 7.31. The minimum atomic E-state index is -0.0355. The van der Waals surface area contributed by atoms with E-state index >= 15 is 0 Å². The molecule has 1 saturated heterocycles. The normalized spacial score (nSPS) is 15.9. The second-order valence-corrected chi connectivity index (χ2v) is 7.27. The second kappa shape index (κ2) is 10.1. The van der Waals surface area contributed by atoms with E-state index in [2.05, 4.69) is 48.3 Å². The Morgan fingerprint density at radius 3 is 2.36 bits per heavy atom. The number of urea groups is 1. The van der Waals surface area contributed by atoms with Crippen LogP contribution in [-0.2, 0) is 0 Å². The molecule has 3 rings (SSSR count). The van der Waals surface area contributed by atoms with Crippen molar-refractivity contribution in [3.05, 3.63) is 60.2 Å². The zero-order valence-electron chi connectivity index (χ0n) is 16.9. The average molecular weight is 382 g/mol. The number of carbonyl (C=O) groups is 1. The number of piperazine rings is 1. The van der Waals surface area contributed by atoms with Gasteiger partial charge in [-0.1, -0.05) is 43.7 Å². The van der Waals surface area contributed by atoms with Crippen molar-refractivity contribution in [2.45, 2.75) is 32.7 Å². The van der Waals surface area contributed by atoms with Gasteiger partial charge in [0.05, 0.1) is 6.61 Å². The van der Waals surface area contributed by atoms with Crippen molar-refractivity contribution >= 4 is 11.7 Å². The van der Waals surface area contributed by atoms with Crippen LogP contribution in [0.2, 0.25) is 0 Å². The zero-order valence-corrected chi connectivity index (χ0v) is 16.9. The Morgan fingerprint density at radius 2 is 1.71 bits per heavy atom. The molecule has 150 valence electrons. The molecule has 2 amide bonds. The van der Waals surface area contributed by atoms with Crippen LogP contribution in [0.15, 0.2) is 54.6 Å². The van der Waals surface area contributed by atoms with E-state index in [0.29, 0.717) is 6.04 Å². The van der Waals surface area contributed by atoms with E-state index in [1.54, 1.807) is 0 Å². The molecule has 0 bridgehead atoms. The van der Waals surface area contributed by atoms with Crippen molar-refractivity contribution in [2.75, 3.05) is 38.1 Å². The lowest BCUT2D eigenvalue weighted by Crippen LogP contribution is -2.50. The first-order valence-corrected chi connectivity index (χ1v) is 10.2. The predicted molar refractivity (Wildman–Crippen MR) is 114 cm³/mol. The molecule has 5 nitrogen and oxygen atoms in total. The fourth-order valence-electron chi connectivity index (χ4n) is 3.43. The van der Waals surface area contributed by atoms with E-state index in [4.69, 9.17) is 4.74 Å². The summed E-state index contributed by atoms with van der Waals surface area (Å²) in [6.45, 7) is 8.34. The van der Waals surface area contributed by atoms with Crippen LogP contribution in [0.4, 0.5) is 10.5 Å². The van der Waals surface area contributed by atoms with Crippen LogP contribution in [0, 0.1) is 0 Å². The van der Waals surface area contributed by atoms with E-state index in [1.165, 1.54) is 5.56 Å². The van der Waals surface area contributed by atoms with E-state index < -0.39 is 0 Å². The minimum Gasteiger partial charge on any atom is -0.494 e. The molecule has 0 aliphatic carbocycles. The Labute approximate surface area is 168 Å². The average Bonchev–Trinajstić information content (AvgIpc) is 2.75. The third-order valence-corrected chi connectivity index (χ3v) is 5.30. The van der Waals surface area contributed by atoms with Crippen molar-refractivity contribution in [1.29, 1.82) is 0 Å². The van der Waals surface area contributed by atoms with Gasteiger partial charge in [0.25, 0.3) is 0 Å². The molecule has 2 aromatic rings. The number of unbranched alkanes of at least 4 members (excludes halogenated alkanes) is 1. The number of hydrogen-bond donors (Lipinski definition) is 1. The summed E-state index contributed by atoms with van der Waals surface area (Å²) in [6.07, 6.45) is 2.17. The van der Waals surface area contributed by atoms with Crippen LogP contribution >= 0.6 is 0 Å². The summed E-state index contributed by atoms with van der Waals surface area (Å²) in [5.74, 6) is 0.843. The van der Waals surface area contributed by atoms with Gasteiger partial charge >= 0.3 is 6.03 Å². The summed E-state index contributed by atoms with van der Waals surface area (Å²) in [4.78, 5) is 16.9. The summed E-state index contributed by atoms with van der Waals surface area (Å²) in [7, 11) is 0. The largest absolute Gasteiger partial charge is 0.494 e. The van der Waals surface area contributed by atoms with Gasteiger partial charge in [-0.25, -0.2) is 4.79 Å². The van der Waals surface area contributed by atoms with Crippen LogP contribution in [0.25, 0.3) is 0 Å². The molecule has 0 spiro atoms. The van der Waals surface area contributed by atoms with Gasteiger partial charge in [0.2, 0.25) is 0 Å². The van der Waals surface area contributed by atoms with Crippen LogP contribution in [0.3, 0.4) is 0 Å². The molecule has 1 fully saturated rings. The standard InChI is InChI=1S/C23H31N3O2/c1-3-4-18-28-22-12-10-21(11-13-22)24-23(27)26-16-14-25(15-17-26)19(2)20-8-6-5-7-9-20/h5-13,19H,3-4,14-18H2,1-2H3,(H,24,27). The van der Waals surface area contributed by atoms with E-state index in [9.17, 15) is 4.79 Å². The number of nitrogens with one attached hydrogen (secondary N) is 1. The van der Waals surface area contributed by atoms with E-state index in [0.717, 1.165) is 57.1 Å². The highest BCUT2D eigenvalue weighted by Crippen LogP contribution is 2.22. The molecule has 0 aromatic heterocycles. The first-order chi connectivity index (χ1) is 13.7. The summed E-state index contributed by atoms with van der Waals surface area (Å²) >= 11 is 0. The minimum absolute atomic E-state index is 0.0355. The van der Waals surface area contributed by atoms with Gasteiger partial charge in [-0.05, 0) is 43.2 Å². The van der Waals surface area contributed by atoms with Crippen molar-refractivity contribution in [2.24, 2.45) is 0 Å². The zero-order chi connectivity index (χ0) is 19.8. The number of carbonyl (C=O) groups excluding carboxylic acids is 1. The van der Waals surface area contributed by atoms with Gasteiger partial charge in [-0.15, -0.1) is 0 Å². The van der Waals surface area contributed by atoms with Gasteiger partial charge in [-0.3, -0.25) is 4.90 Å². The van der Waals surface area contributed by atoms with Crippen molar-refractivity contribution in [3.8, 4) is 5.75 Å². The van der Waals surface area contributed by atoms with Crippen LogP contribution < -0.4 is 10.1 Å². The number of hydrogen-bond acceptors (Lipinski definition) is 3. The lowest BCUT2D eigenvalue weighted by molar-refractivity contribution is 0.119. The van der Waals surface area contributed by atoms with Crippen molar-refractivity contribution in [3.63, 3.8) is 0 Å². The first-order valence-electron chi connectivity index (χ1n) is 10.2. The van der Waals surface area contributed by atoms with E-state index in [1.807, 2.05) is 35.2 Å². The number of nitrogens with zero attached hydrogens (tertiary/aromatic N) is 2. The maximum atomic E-state index is 12.6. The van der Waals surface area contributed by atoms with Crippen LogP contribution in [0.1, 0.15) is 38.3 Å². The van der Waals surface area contributed by atoms with Crippen LogP contribution in [0.5, 0.6) is 5.75 Å². The molecule has 5 heteroatoms. The molecule has 0 saturated carbocycles. The summed E-state index contributed by atoms with van der Waals surface area (Å²) in [5, 5.41) is 2.99. The number of anilines is 1. The van der Waals surface area contributed by atoms with Gasteiger partial charge in [0, 0.05) is 37.9 Å². The molecule has 1 aliphatic heterocycles. The highest BCUT2D eigenvalue weighted by Gasteiger charge is 2.24. The summed E-state index contributed by atoms with van der Waals surface area (Å²) in [6, 6.07) is 18.5. The number of ether oxygens (including phenoxy) is 1. The molecule has 0 radical (unpaired) electrons. The molecule has 1 unspecified atom stereocenters. The molecular formula is C23H31N3O2. The monoisotopic (exact) mass is 381 g/mol. The maximum absolute atomic E-state index is 12.6. The Hall–Kier alpha value is -2.53. The highest BCUT2D eigenvalue weighted by atomic mass is 16.5. The third kappa shape index (κ3) is 5.49. The van der Waals surface area contributed by atoms with E-state index in [-0.39, 0.29) is 6.03 Å². The fraction of sp³-hybridized carbons (Fsp3) is 0.435. The molecule has 1 N–H and O–H groups in total. The molecule has 1 aliphatic rings. The maximum Gasteiger partial charge on any atom is 0.321 e. The predicted octanol–water partition coefficient (Wildman–Crippen LogP) is 4.78. The quantitative estimate of drug-likeness (QED) is 0.702. The van der Waals surface area contributed by atoms with Crippen LogP contribution in [-0.4, -0.2) is 48.6 Å². The Bertz CT molecular complexity index is 725. The molecule has 28 heavy (non-hydrogen) atoms. The Balaban J connectivity index is 1.46. The van der Waals surface area contributed by atoms with Gasteiger partial charge < -0.3 is 15.0 Å². The molecular weight excluding hydrogens is 350 g/mol. The number of amides is 2. The smallest absolute Gasteiger partial charge is 0.321 e. The molecule has 1 atom stereocenters. The van der Waals surface area contributed by atoms with Gasteiger partial charge in [0.15, 0.2) is 0 Å². The molecule has 2 aromatic carbocycles. The summed E-state index contributed by atoms with van der Waals surface area (Å²) in [5.41, 5.74) is 2.12. The topological polar surface area (TPSA) is 44.8 Å². The third-order valence-electron chi connectivity index (χ3n) is 5.30. The van der Waals surface area contributed by atoms with Gasteiger partial charge in [-0.2, -0.15) is 0 Å². The summed E-state index contributed by atoms with van der Waals surface area (Å²) < 4.78 is 5.66. The number of rotatable bonds is 7. The van der Waals surface area contributed by atoms with Crippen molar-refractivity contribution < 1.29 is 9.53 Å². The fourth-order valence-corrected chi connectivity index (χ4v) is 3.43. The second-order valence-electron chi connectivity index (χ2n) is 7.27. The SMILES string of the molecule is CCCCOc1ccc(NC(=O)N2CCN(C(C)c3ccccc3)CC2)cc1. The molecule has 1 heterocycles. The lowest BCUT2D eigenvalue weighted by atomic mass is 10.1. The highest BCUT2D eigenvalue weighted by molar-refractivity contribution is 5.89. The first kappa shape index (κ1) is 20.2. The number of benzene rings is 2. The lowest BCUT2D eigenvalue weighted by Gasteiger charge is -2.38.